The molecule has 2 aromatic rings. The SMILES string of the molecule is O=[N+]([O-])c1ccc(CN2CC[C@H]3c4ccccc4CC[C@@H]3C2)cc1. The fourth-order valence-corrected chi connectivity index (χ4v) is 4.40. The van der Waals surface area contributed by atoms with Crippen LogP contribution in [0.3, 0.4) is 0 Å². The van der Waals surface area contributed by atoms with Crippen LogP contribution >= 0.6 is 0 Å². The molecular formula is C20H22N2O2. The minimum Gasteiger partial charge on any atom is -0.299 e. The van der Waals surface area contributed by atoms with E-state index in [9.17, 15) is 10.1 Å². The summed E-state index contributed by atoms with van der Waals surface area (Å²) in [6.45, 7) is 3.13. The summed E-state index contributed by atoms with van der Waals surface area (Å²) in [5.41, 5.74) is 4.45. The van der Waals surface area contributed by atoms with Crippen molar-refractivity contribution < 1.29 is 4.92 Å². The second-order valence-electron chi connectivity index (χ2n) is 7.05. The van der Waals surface area contributed by atoms with E-state index >= 15 is 0 Å². The maximum Gasteiger partial charge on any atom is 0.269 e. The van der Waals surface area contributed by atoms with Crippen LogP contribution in [0.1, 0.15) is 35.4 Å². The first-order chi connectivity index (χ1) is 11.7. The number of nitro benzene ring substituents is 1. The fourth-order valence-electron chi connectivity index (χ4n) is 4.40. The summed E-state index contributed by atoms with van der Waals surface area (Å²) in [6.07, 6.45) is 3.69. The Hall–Kier alpha value is -2.20. The van der Waals surface area contributed by atoms with Gasteiger partial charge in [-0.1, -0.05) is 36.4 Å². The highest BCUT2D eigenvalue weighted by Gasteiger charge is 2.34. The summed E-state index contributed by atoms with van der Waals surface area (Å²) >= 11 is 0. The van der Waals surface area contributed by atoms with Crippen LogP contribution in [-0.2, 0) is 13.0 Å². The molecule has 4 nitrogen and oxygen atoms in total. The van der Waals surface area contributed by atoms with Gasteiger partial charge in [0, 0.05) is 25.2 Å². The first kappa shape index (κ1) is 15.3. The third-order valence-electron chi connectivity index (χ3n) is 5.61. The predicted octanol–water partition coefficient (Wildman–Crippen LogP) is 4.15. The van der Waals surface area contributed by atoms with Crippen molar-refractivity contribution in [1.82, 2.24) is 4.90 Å². The van der Waals surface area contributed by atoms with Crippen LogP contribution in [0.2, 0.25) is 0 Å². The molecule has 1 aliphatic heterocycles. The molecule has 0 amide bonds. The van der Waals surface area contributed by atoms with E-state index in [2.05, 4.69) is 29.2 Å². The Labute approximate surface area is 142 Å². The zero-order chi connectivity index (χ0) is 16.5. The number of benzene rings is 2. The van der Waals surface area contributed by atoms with Gasteiger partial charge in [-0.25, -0.2) is 0 Å². The van der Waals surface area contributed by atoms with E-state index in [1.165, 1.54) is 19.3 Å². The summed E-state index contributed by atoms with van der Waals surface area (Å²) in [6, 6.07) is 15.9. The van der Waals surface area contributed by atoms with E-state index in [1.54, 1.807) is 23.3 Å². The average Bonchev–Trinajstić information content (AvgIpc) is 2.62. The molecule has 2 aliphatic rings. The van der Waals surface area contributed by atoms with Crippen molar-refractivity contribution in [3.8, 4) is 0 Å². The third kappa shape index (κ3) is 2.94. The molecule has 4 rings (SSSR count). The maximum absolute atomic E-state index is 10.8. The number of nitro groups is 1. The molecule has 0 unspecified atom stereocenters. The van der Waals surface area contributed by atoms with Crippen molar-refractivity contribution in [2.45, 2.75) is 31.7 Å². The summed E-state index contributed by atoms with van der Waals surface area (Å²) in [5, 5.41) is 10.8. The highest BCUT2D eigenvalue weighted by atomic mass is 16.6. The van der Waals surface area contributed by atoms with Gasteiger partial charge in [-0.2, -0.15) is 0 Å². The van der Waals surface area contributed by atoms with E-state index < -0.39 is 0 Å². The van der Waals surface area contributed by atoms with Crippen molar-refractivity contribution in [2.24, 2.45) is 5.92 Å². The highest BCUT2D eigenvalue weighted by Crippen LogP contribution is 2.41. The summed E-state index contributed by atoms with van der Waals surface area (Å²) < 4.78 is 0. The van der Waals surface area contributed by atoms with Crippen LogP contribution in [0.5, 0.6) is 0 Å². The smallest absolute Gasteiger partial charge is 0.269 e. The zero-order valence-electron chi connectivity index (χ0n) is 13.7. The van der Waals surface area contributed by atoms with Gasteiger partial charge in [0.05, 0.1) is 4.92 Å². The lowest BCUT2D eigenvalue weighted by atomic mass is 9.71. The van der Waals surface area contributed by atoms with Crippen LogP contribution in [0.15, 0.2) is 48.5 Å². The molecule has 0 N–H and O–H groups in total. The van der Waals surface area contributed by atoms with Gasteiger partial charge in [-0.15, -0.1) is 0 Å². The lowest BCUT2D eigenvalue weighted by molar-refractivity contribution is -0.384. The molecule has 0 saturated carbocycles. The van der Waals surface area contributed by atoms with Gasteiger partial charge in [-0.3, -0.25) is 15.0 Å². The second kappa shape index (κ2) is 6.36. The molecule has 124 valence electrons. The molecule has 1 fully saturated rings. The van der Waals surface area contributed by atoms with Gasteiger partial charge in [-0.05, 0) is 54.3 Å². The van der Waals surface area contributed by atoms with Gasteiger partial charge >= 0.3 is 0 Å². The molecule has 2 atom stereocenters. The number of hydrogen-bond donors (Lipinski definition) is 0. The Bertz CT molecular complexity index is 742. The number of nitrogens with zero attached hydrogens (tertiary/aromatic N) is 2. The Morgan fingerprint density at radius 1 is 1.08 bits per heavy atom. The molecule has 24 heavy (non-hydrogen) atoms. The van der Waals surface area contributed by atoms with Crippen molar-refractivity contribution in [2.75, 3.05) is 13.1 Å². The monoisotopic (exact) mass is 322 g/mol. The molecule has 4 heteroatoms. The Morgan fingerprint density at radius 2 is 1.88 bits per heavy atom. The normalized spacial score (nSPS) is 23.3. The minimum absolute atomic E-state index is 0.168. The topological polar surface area (TPSA) is 46.4 Å². The molecule has 1 aliphatic carbocycles. The zero-order valence-corrected chi connectivity index (χ0v) is 13.7. The largest absolute Gasteiger partial charge is 0.299 e. The Balaban J connectivity index is 1.43. The van der Waals surface area contributed by atoms with Gasteiger partial charge in [0.2, 0.25) is 0 Å². The van der Waals surface area contributed by atoms with Crippen LogP contribution < -0.4 is 0 Å². The highest BCUT2D eigenvalue weighted by molar-refractivity contribution is 5.35. The molecule has 0 radical (unpaired) electrons. The molecule has 1 saturated heterocycles. The van der Waals surface area contributed by atoms with Crippen molar-refractivity contribution in [3.63, 3.8) is 0 Å². The lowest BCUT2D eigenvalue weighted by Crippen LogP contribution is -2.40. The molecule has 0 bridgehead atoms. The van der Waals surface area contributed by atoms with E-state index in [1.807, 2.05) is 12.1 Å². The second-order valence-corrected chi connectivity index (χ2v) is 7.05. The number of piperidine rings is 1. The Kier molecular flexibility index (Phi) is 4.07. The van der Waals surface area contributed by atoms with Gasteiger partial charge < -0.3 is 0 Å². The number of aryl methyl sites for hydroxylation is 1. The minimum atomic E-state index is -0.339. The lowest BCUT2D eigenvalue weighted by Gasteiger charge is -2.42. The maximum atomic E-state index is 10.8. The van der Waals surface area contributed by atoms with Crippen molar-refractivity contribution in [1.29, 1.82) is 0 Å². The predicted molar refractivity (Wildman–Crippen MR) is 94.0 cm³/mol. The number of hydrogen-bond acceptors (Lipinski definition) is 3. The number of non-ortho nitro benzene ring substituents is 1. The van der Waals surface area contributed by atoms with Crippen molar-refractivity contribution in [3.05, 3.63) is 75.3 Å². The van der Waals surface area contributed by atoms with Crippen molar-refractivity contribution >= 4 is 5.69 Å². The quantitative estimate of drug-likeness (QED) is 0.630. The first-order valence-corrected chi connectivity index (χ1v) is 8.74. The number of likely N-dealkylation sites (tertiary alicyclic amines) is 1. The number of fused-ring (bicyclic) bond motifs is 3. The molecule has 0 aromatic heterocycles. The standard InChI is InChI=1S/C20H22N2O2/c23-22(24)18-9-5-15(6-10-18)13-21-12-11-20-17(14-21)8-7-16-3-1-2-4-19(16)20/h1-6,9-10,17,20H,7-8,11-14H2/t17-,20-/m1/s1. The van der Waals surface area contributed by atoms with Gasteiger partial charge in [0.25, 0.3) is 5.69 Å². The van der Waals surface area contributed by atoms with Gasteiger partial charge in [0.1, 0.15) is 0 Å². The van der Waals surface area contributed by atoms with Crippen LogP contribution in [0, 0.1) is 16.0 Å². The van der Waals surface area contributed by atoms with Gasteiger partial charge in [0.15, 0.2) is 0 Å². The fraction of sp³-hybridized carbons (Fsp3) is 0.400. The Morgan fingerprint density at radius 3 is 2.67 bits per heavy atom. The van der Waals surface area contributed by atoms with E-state index in [0.717, 1.165) is 31.1 Å². The first-order valence-electron chi connectivity index (χ1n) is 8.74. The molecular weight excluding hydrogens is 300 g/mol. The molecule has 2 aromatic carbocycles. The summed E-state index contributed by atoms with van der Waals surface area (Å²) in [4.78, 5) is 12.9. The van der Waals surface area contributed by atoms with E-state index in [4.69, 9.17) is 0 Å². The van der Waals surface area contributed by atoms with Crippen LogP contribution in [-0.4, -0.2) is 22.9 Å². The molecule has 1 heterocycles. The third-order valence-corrected chi connectivity index (χ3v) is 5.61. The summed E-state index contributed by atoms with van der Waals surface area (Å²) in [5.74, 6) is 1.45. The van der Waals surface area contributed by atoms with E-state index in [-0.39, 0.29) is 10.6 Å². The summed E-state index contributed by atoms with van der Waals surface area (Å²) in [7, 11) is 0. The molecule has 0 spiro atoms. The number of rotatable bonds is 3. The van der Waals surface area contributed by atoms with Crippen LogP contribution in [0.4, 0.5) is 5.69 Å². The van der Waals surface area contributed by atoms with Crippen LogP contribution in [0.25, 0.3) is 0 Å². The average molecular weight is 322 g/mol. The van der Waals surface area contributed by atoms with E-state index in [0.29, 0.717) is 5.92 Å².